The molecule has 0 unspecified atom stereocenters. The third kappa shape index (κ3) is 15.6. The summed E-state index contributed by atoms with van der Waals surface area (Å²) < 4.78 is 0. The van der Waals surface area contributed by atoms with E-state index >= 15 is 0 Å². The fourth-order valence-electron chi connectivity index (χ4n) is 6.92. The monoisotopic (exact) mass is 919 g/mol. The molecule has 4 rings (SSSR count). The van der Waals surface area contributed by atoms with Crippen LogP contribution in [0.2, 0.25) is 0 Å². The van der Waals surface area contributed by atoms with Crippen LogP contribution in [0.4, 0.5) is 0 Å². The van der Waals surface area contributed by atoms with Gasteiger partial charge < -0.3 is 68.2 Å². The number of hydrogen-bond acceptors (Lipinski definition) is 13. The smallest absolute Gasteiger partial charge is 0.326 e. The molecule has 1 fully saturated rings. The Morgan fingerprint density at radius 2 is 1.30 bits per heavy atom. The van der Waals surface area contributed by atoms with E-state index in [1.807, 2.05) is 0 Å². The predicted molar refractivity (Wildman–Crippen MR) is 234 cm³/mol. The van der Waals surface area contributed by atoms with Crippen LogP contribution in [0.15, 0.2) is 61.1 Å². The SMILES string of the molecule is CC(C)[C@H](NC(=O)[C@H](Cc1ccc(O)cc1)NC(=O)[C@@H]1CCCN1C(=O)CN)C(=O)N[C@@H](C)C(=O)N[C@@H](Cc1cnc[nH]1)C(=O)NCC(=O)NCC(=O)N[C@@H](Cc1ccc(O)cc1)C(=O)O. The summed E-state index contributed by atoms with van der Waals surface area (Å²) in [6.07, 6.45) is 3.39. The summed E-state index contributed by atoms with van der Waals surface area (Å²) >= 11 is 0. The molecule has 0 radical (unpaired) electrons. The van der Waals surface area contributed by atoms with Crippen molar-refractivity contribution in [3.8, 4) is 11.5 Å². The fourth-order valence-corrected chi connectivity index (χ4v) is 6.92. The zero-order valence-corrected chi connectivity index (χ0v) is 36.7. The first-order valence-electron chi connectivity index (χ1n) is 21.2. The fraction of sp³-hybridized carbons (Fsp3) is 0.442. The number of phenolic OH excluding ortho intramolecular Hbond substituents is 2. The first kappa shape index (κ1) is 51.1. The van der Waals surface area contributed by atoms with Crippen molar-refractivity contribution in [1.29, 1.82) is 0 Å². The van der Waals surface area contributed by atoms with E-state index in [-0.39, 0.29) is 37.3 Å². The van der Waals surface area contributed by atoms with Gasteiger partial charge in [0, 0.05) is 37.7 Å². The molecular formula is C43H57N11O12. The third-order valence-corrected chi connectivity index (χ3v) is 10.5. The Morgan fingerprint density at radius 3 is 1.86 bits per heavy atom. The number of aromatic nitrogens is 2. The minimum atomic E-state index is -1.34. The summed E-state index contributed by atoms with van der Waals surface area (Å²) in [6.45, 7) is 3.41. The maximum Gasteiger partial charge on any atom is 0.326 e. The number of nitrogens with two attached hydrogens (primary N) is 1. The number of carbonyl (C=O) groups excluding carboxylic acids is 8. The molecule has 66 heavy (non-hydrogen) atoms. The van der Waals surface area contributed by atoms with Crippen molar-refractivity contribution in [1.82, 2.24) is 52.1 Å². The second kappa shape index (κ2) is 24.5. The minimum Gasteiger partial charge on any atom is -0.508 e. The predicted octanol–water partition coefficient (Wildman–Crippen LogP) is -2.78. The van der Waals surface area contributed by atoms with E-state index < -0.39 is 108 Å². The zero-order chi connectivity index (χ0) is 48.5. The summed E-state index contributed by atoms with van der Waals surface area (Å²) in [4.78, 5) is 125. The highest BCUT2D eigenvalue weighted by atomic mass is 16.4. The summed E-state index contributed by atoms with van der Waals surface area (Å²) in [5.74, 6) is -7.70. The number of nitrogens with one attached hydrogen (secondary N) is 8. The second-order valence-corrected chi connectivity index (χ2v) is 16.0. The van der Waals surface area contributed by atoms with Crippen molar-refractivity contribution in [3.63, 3.8) is 0 Å². The van der Waals surface area contributed by atoms with Crippen LogP contribution in [-0.2, 0) is 62.4 Å². The van der Waals surface area contributed by atoms with E-state index in [9.17, 15) is 58.5 Å². The number of rotatable bonds is 23. The second-order valence-electron chi connectivity index (χ2n) is 16.0. The Balaban J connectivity index is 1.35. The average Bonchev–Trinajstić information content (AvgIpc) is 4.00. The van der Waals surface area contributed by atoms with Crippen LogP contribution in [0.1, 0.15) is 50.4 Å². The molecule has 2 heterocycles. The van der Waals surface area contributed by atoms with E-state index in [0.29, 0.717) is 36.2 Å². The summed E-state index contributed by atoms with van der Waals surface area (Å²) in [7, 11) is 0. The largest absolute Gasteiger partial charge is 0.508 e. The van der Waals surface area contributed by atoms with E-state index in [1.54, 1.807) is 26.0 Å². The van der Waals surface area contributed by atoms with E-state index in [4.69, 9.17) is 5.73 Å². The standard InChI is InChI=1S/C43H57N11O12/c1-23(2)37(53-40(62)30(15-25-6-10-28(55)11-7-25)52-41(63)33-5-4-14-54(33)36(59)18-44)42(64)49-24(3)38(60)51-31(17-27-19-45-22-48-27)39(61)47-20-34(57)46-21-35(58)50-32(43(65)66)16-26-8-12-29(56)13-9-26/h6-13,19,22-24,30-33,37,55-56H,4-5,14-18,20-21,44H2,1-3H3,(H,45,48)(H,46,57)(H,47,61)(H,49,64)(H,50,58)(H,51,60)(H,52,63)(H,53,62)(H,65,66)/t24-,30-,31-,32-,33-,37-/m0/s1. The number of hydrogen-bond donors (Lipinski definition) is 12. The van der Waals surface area contributed by atoms with E-state index in [2.05, 4.69) is 47.2 Å². The van der Waals surface area contributed by atoms with Crippen molar-refractivity contribution in [3.05, 3.63) is 77.9 Å². The molecule has 6 atom stereocenters. The van der Waals surface area contributed by atoms with Gasteiger partial charge in [0.1, 0.15) is 47.8 Å². The molecule has 23 nitrogen and oxygen atoms in total. The van der Waals surface area contributed by atoms with Crippen molar-refractivity contribution in [2.24, 2.45) is 11.7 Å². The summed E-state index contributed by atoms with van der Waals surface area (Å²) in [6, 6.07) is 4.42. The van der Waals surface area contributed by atoms with E-state index in [0.717, 1.165) is 0 Å². The van der Waals surface area contributed by atoms with Crippen LogP contribution in [0.3, 0.4) is 0 Å². The topological polar surface area (TPSA) is 356 Å². The molecule has 1 saturated heterocycles. The van der Waals surface area contributed by atoms with Crippen molar-refractivity contribution < 1.29 is 58.5 Å². The number of aliphatic carboxylic acids is 1. The molecular weight excluding hydrogens is 863 g/mol. The molecule has 0 aliphatic carbocycles. The Morgan fingerprint density at radius 1 is 0.712 bits per heavy atom. The Labute approximate surface area is 379 Å². The number of carboxylic acid groups (broad SMARTS) is 1. The van der Waals surface area contributed by atoms with Crippen LogP contribution in [0, 0.1) is 5.92 Å². The lowest BCUT2D eigenvalue weighted by molar-refractivity contribution is -0.141. The molecule has 3 aromatic rings. The van der Waals surface area contributed by atoms with Gasteiger partial charge in [0.05, 0.1) is 26.0 Å². The van der Waals surface area contributed by atoms with Gasteiger partial charge >= 0.3 is 5.97 Å². The van der Waals surface area contributed by atoms with Crippen LogP contribution in [0.25, 0.3) is 0 Å². The van der Waals surface area contributed by atoms with Crippen LogP contribution < -0.4 is 43.0 Å². The third-order valence-electron chi connectivity index (χ3n) is 10.5. The lowest BCUT2D eigenvalue weighted by atomic mass is 10.00. The average molecular weight is 920 g/mol. The van der Waals surface area contributed by atoms with Gasteiger partial charge in [0.25, 0.3) is 0 Å². The lowest BCUT2D eigenvalue weighted by Crippen LogP contribution is -2.60. The van der Waals surface area contributed by atoms with Crippen LogP contribution >= 0.6 is 0 Å². The van der Waals surface area contributed by atoms with Gasteiger partial charge in [-0.3, -0.25) is 38.4 Å². The van der Waals surface area contributed by atoms with Crippen molar-refractivity contribution in [2.45, 2.75) is 89.1 Å². The number of imidazole rings is 1. The number of carbonyl (C=O) groups is 9. The molecule has 356 valence electrons. The number of carboxylic acids is 1. The molecule has 1 aliphatic rings. The molecule has 13 N–H and O–H groups in total. The van der Waals surface area contributed by atoms with Gasteiger partial charge in [-0.15, -0.1) is 0 Å². The maximum absolute atomic E-state index is 13.9. The number of H-pyrrole nitrogens is 1. The van der Waals surface area contributed by atoms with Crippen LogP contribution in [0.5, 0.6) is 11.5 Å². The maximum atomic E-state index is 13.9. The Hall–Kier alpha value is -7.56. The molecule has 0 saturated carbocycles. The van der Waals surface area contributed by atoms with Crippen molar-refractivity contribution in [2.75, 3.05) is 26.2 Å². The van der Waals surface area contributed by atoms with Gasteiger partial charge in [-0.2, -0.15) is 0 Å². The molecule has 0 spiro atoms. The number of amides is 8. The highest BCUT2D eigenvalue weighted by Gasteiger charge is 2.37. The highest BCUT2D eigenvalue weighted by molar-refractivity contribution is 5.97. The quantitative estimate of drug-likeness (QED) is 0.0458. The molecule has 8 amide bonds. The van der Waals surface area contributed by atoms with E-state index in [1.165, 1.54) is 60.7 Å². The molecule has 0 bridgehead atoms. The van der Waals surface area contributed by atoms with Gasteiger partial charge in [-0.25, -0.2) is 9.78 Å². The number of phenols is 2. The van der Waals surface area contributed by atoms with Gasteiger partial charge in [0.15, 0.2) is 0 Å². The first-order chi connectivity index (χ1) is 31.3. The zero-order valence-electron chi connectivity index (χ0n) is 36.7. The molecule has 1 aliphatic heterocycles. The normalized spacial score (nSPS) is 15.5. The number of aromatic hydroxyl groups is 2. The van der Waals surface area contributed by atoms with Crippen molar-refractivity contribution >= 4 is 53.2 Å². The number of nitrogens with zero attached hydrogens (tertiary/aromatic N) is 2. The summed E-state index contributed by atoms with van der Waals surface area (Å²) in [5, 5.41) is 46.3. The first-order valence-corrected chi connectivity index (χ1v) is 21.2. The minimum absolute atomic E-state index is 0.0190. The Kier molecular flexibility index (Phi) is 19.0. The Bertz CT molecular complexity index is 2190. The molecule has 23 heteroatoms. The van der Waals surface area contributed by atoms with Gasteiger partial charge in [0.2, 0.25) is 47.3 Å². The molecule has 2 aromatic carbocycles. The van der Waals surface area contributed by atoms with Crippen LogP contribution in [-0.4, -0.2) is 146 Å². The summed E-state index contributed by atoms with van der Waals surface area (Å²) in [5.41, 5.74) is 7.07. The van der Waals surface area contributed by atoms with Gasteiger partial charge in [-0.1, -0.05) is 38.1 Å². The molecule has 1 aromatic heterocycles. The number of benzene rings is 2. The van der Waals surface area contributed by atoms with Gasteiger partial charge in [-0.05, 0) is 61.1 Å². The lowest BCUT2D eigenvalue weighted by Gasteiger charge is -2.29. The highest BCUT2D eigenvalue weighted by Crippen LogP contribution is 2.19. The number of likely N-dealkylation sites (tertiary alicyclic amines) is 1. The number of aromatic amines is 1.